The molecule has 2 aromatic carbocycles. The lowest BCUT2D eigenvalue weighted by Crippen LogP contribution is -1.88. The minimum atomic E-state index is -0.317. The summed E-state index contributed by atoms with van der Waals surface area (Å²) in [5.74, 6) is 0.0895. The van der Waals surface area contributed by atoms with E-state index in [1.165, 1.54) is 19.2 Å². The molecule has 0 unspecified atom stereocenters. The van der Waals surface area contributed by atoms with E-state index in [1.807, 2.05) is 13.0 Å². The zero-order valence-electron chi connectivity index (χ0n) is 9.70. The molecule has 17 heavy (non-hydrogen) atoms. The summed E-state index contributed by atoms with van der Waals surface area (Å²) in [5, 5.41) is 9.98. The fraction of sp³-hybridized carbons (Fsp3) is 0.143. The molecule has 0 amide bonds. The van der Waals surface area contributed by atoms with E-state index < -0.39 is 0 Å². The first-order valence-corrected chi connectivity index (χ1v) is 5.25. The van der Waals surface area contributed by atoms with Crippen LogP contribution in [-0.2, 0) is 0 Å². The van der Waals surface area contributed by atoms with Crippen LogP contribution < -0.4 is 4.74 Å². The Labute approximate surface area is 99.3 Å². The lowest BCUT2D eigenvalue weighted by atomic mass is 10.0. The van der Waals surface area contributed by atoms with Gasteiger partial charge in [-0.05, 0) is 36.2 Å². The highest BCUT2D eigenvalue weighted by molar-refractivity contribution is 5.73. The van der Waals surface area contributed by atoms with Crippen molar-refractivity contribution in [2.45, 2.75) is 6.92 Å². The summed E-state index contributed by atoms with van der Waals surface area (Å²) >= 11 is 0. The van der Waals surface area contributed by atoms with Gasteiger partial charge < -0.3 is 9.84 Å². The molecular formula is C14H13FO2. The van der Waals surface area contributed by atoms with Crippen molar-refractivity contribution >= 4 is 0 Å². The summed E-state index contributed by atoms with van der Waals surface area (Å²) in [6.07, 6.45) is 0. The van der Waals surface area contributed by atoms with Crippen LogP contribution >= 0.6 is 0 Å². The van der Waals surface area contributed by atoms with Crippen molar-refractivity contribution in [3.63, 3.8) is 0 Å². The number of aryl methyl sites for hydroxylation is 1. The van der Waals surface area contributed by atoms with Crippen LogP contribution in [0.2, 0.25) is 0 Å². The molecule has 0 aliphatic rings. The van der Waals surface area contributed by atoms with Crippen LogP contribution in [-0.4, -0.2) is 12.2 Å². The minimum absolute atomic E-state index is 0.0278. The molecule has 2 aromatic rings. The molecule has 0 heterocycles. The van der Waals surface area contributed by atoms with Crippen LogP contribution in [0.1, 0.15) is 5.56 Å². The highest BCUT2D eigenvalue weighted by Gasteiger charge is 2.10. The lowest BCUT2D eigenvalue weighted by Gasteiger charge is -2.09. The second-order valence-corrected chi connectivity index (χ2v) is 3.87. The van der Waals surface area contributed by atoms with Crippen molar-refractivity contribution in [1.29, 1.82) is 0 Å². The van der Waals surface area contributed by atoms with Crippen LogP contribution in [0, 0.1) is 12.7 Å². The second-order valence-electron chi connectivity index (χ2n) is 3.87. The summed E-state index contributed by atoms with van der Waals surface area (Å²) in [6.45, 7) is 1.81. The molecule has 0 radical (unpaired) electrons. The molecule has 0 bridgehead atoms. The number of phenols is 1. The predicted octanol–water partition coefficient (Wildman–Crippen LogP) is 3.52. The van der Waals surface area contributed by atoms with E-state index in [1.54, 1.807) is 18.2 Å². The van der Waals surface area contributed by atoms with Gasteiger partial charge in [0.2, 0.25) is 0 Å². The Balaban J connectivity index is 2.60. The first kappa shape index (κ1) is 11.5. The molecule has 2 nitrogen and oxygen atoms in total. The standard InChI is InChI=1S/C14H13FO2/c1-9-6-10(8-11(15)7-9)12-4-3-5-13(17-2)14(12)16/h3-8,16H,1-2H3. The molecule has 0 aromatic heterocycles. The summed E-state index contributed by atoms with van der Waals surface area (Å²) in [7, 11) is 1.48. The van der Waals surface area contributed by atoms with Gasteiger partial charge in [0.05, 0.1) is 7.11 Å². The lowest BCUT2D eigenvalue weighted by molar-refractivity contribution is 0.374. The van der Waals surface area contributed by atoms with Crippen molar-refractivity contribution in [3.8, 4) is 22.6 Å². The number of benzene rings is 2. The molecule has 88 valence electrons. The third kappa shape index (κ3) is 2.23. The average Bonchev–Trinajstić information content (AvgIpc) is 2.28. The zero-order chi connectivity index (χ0) is 12.4. The quantitative estimate of drug-likeness (QED) is 0.858. The smallest absolute Gasteiger partial charge is 0.165 e. The second kappa shape index (κ2) is 4.45. The van der Waals surface area contributed by atoms with E-state index in [4.69, 9.17) is 4.74 Å². The largest absolute Gasteiger partial charge is 0.504 e. The number of rotatable bonds is 2. The van der Waals surface area contributed by atoms with Crippen LogP contribution in [0.3, 0.4) is 0 Å². The van der Waals surface area contributed by atoms with Crippen LogP contribution in [0.25, 0.3) is 11.1 Å². The van der Waals surface area contributed by atoms with E-state index in [0.717, 1.165) is 5.56 Å². The predicted molar refractivity (Wildman–Crippen MR) is 64.8 cm³/mol. The molecule has 0 aliphatic carbocycles. The normalized spacial score (nSPS) is 10.3. The molecule has 0 atom stereocenters. The third-order valence-electron chi connectivity index (χ3n) is 2.57. The van der Waals surface area contributed by atoms with Crippen LogP contribution in [0.4, 0.5) is 4.39 Å². The van der Waals surface area contributed by atoms with Crippen molar-refractivity contribution in [2.24, 2.45) is 0 Å². The number of halogens is 1. The van der Waals surface area contributed by atoms with E-state index in [9.17, 15) is 9.50 Å². The fourth-order valence-electron chi connectivity index (χ4n) is 1.81. The van der Waals surface area contributed by atoms with Crippen LogP contribution in [0.15, 0.2) is 36.4 Å². The summed E-state index contributed by atoms with van der Waals surface area (Å²) in [5.41, 5.74) is 2.01. The monoisotopic (exact) mass is 232 g/mol. The maximum absolute atomic E-state index is 13.3. The topological polar surface area (TPSA) is 29.5 Å². The first-order chi connectivity index (χ1) is 8.11. The first-order valence-electron chi connectivity index (χ1n) is 5.25. The molecule has 0 spiro atoms. The van der Waals surface area contributed by atoms with Gasteiger partial charge in [0.1, 0.15) is 5.82 Å². The number of aromatic hydroxyl groups is 1. The van der Waals surface area contributed by atoms with Gasteiger partial charge in [-0.3, -0.25) is 0 Å². The van der Waals surface area contributed by atoms with Crippen molar-refractivity contribution in [2.75, 3.05) is 7.11 Å². The minimum Gasteiger partial charge on any atom is -0.504 e. The zero-order valence-corrected chi connectivity index (χ0v) is 9.70. The number of hydrogen-bond donors (Lipinski definition) is 1. The molecule has 2 rings (SSSR count). The molecule has 0 aliphatic heterocycles. The van der Waals surface area contributed by atoms with Gasteiger partial charge in [-0.1, -0.05) is 18.2 Å². The highest BCUT2D eigenvalue weighted by atomic mass is 19.1. The maximum atomic E-state index is 13.3. The van der Waals surface area contributed by atoms with E-state index >= 15 is 0 Å². The van der Waals surface area contributed by atoms with Gasteiger partial charge in [-0.25, -0.2) is 4.39 Å². The number of para-hydroxylation sites is 1. The van der Waals surface area contributed by atoms with E-state index in [-0.39, 0.29) is 11.6 Å². The molecular weight excluding hydrogens is 219 g/mol. The van der Waals surface area contributed by atoms with Gasteiger partial charge in [0.15, 0.2) is 11.5 Å². The van der Waals surface area contributed by atoms with Gasteiger partial charge in [0, 0.05) is 5.56 Å². The number of methoxy groups -OCH3 is 1. The van der Waals surface area contributed by atoms with Crippen LogP contribution in [0.5, 0.6) is 11.5 Å². The van der Waals surface area contributed by atoms with Gasteiger partial charge >= 0.3 is 0 Å². The summed E-state index contributed by atoms with van der Waals surface area (Å²) in [4.78, 5) is 0. The summed E-state index contributed by atoms with van der Waals surface area (Å²) < 4.78 is 18.3. The van der Waals surface area contributed by atoms with E-state index in [2.05, 4.69) is 0 Å². The Morgan fingerprint density at radius 3 is 2.59 bits per heavy atom. The van der Waals surface area contributed by atoms with Gasteiger partial charge in [0.25, 0.3) is 0 Å². The number of hydrogen-bond acceptors (Lipinski definition) is 2. The van der Waals surface area contributed by atoms with Crippen molar-refractivity contribution in [1.82, 2.24) is 0 Å². The highest BCUT2D eigenvalue weighted by Crippen LogP contribution is 2.37. The Morgan fingerprint density at radius 2 is 1.94 bits per heavy atom. The van der Waals surface area contributed by atoms with Crippen molar-refractivity contribution in [3.05, 3.63) is 47.8 Å². The van der Waals surface area contributed by atoms with Gasteiger partial charge in [-0.2, -0.15) is 0 Å². The molecule has 3 heteroatoms. The molecule has 0 saturated heterocycles. The number of ether oxygens (including phenoxy) is 1. The Morgan fingerprint density at radius 1 is 1.18 bits per heavy atom. The fourth-order valence-corrected chi connectivity index (χ4v) is 1.81. The molecule has 0 saturated carbocycles. The Bertz CT molecular complexity index is 530. The average molecular weight is 232 g/mol. The maximum Gasteiger partial charge on any atom is 0.165 e. The third-order valence-corrected chi connectivity index (χ3v) is 2.57. The number of phenolic OH excluding ortho intramolecular Hbond substituents is 1. The Kier molecular flexibility index (Phi) is 3.00. The Hall–Kier alpha value is -2.03. The van der Waals surface area contributed by atoms with E-state index in [0.29, 0.717) is 16.9 Å². The van der Waals surface area contributed by atoms with Gasteiger partial charge in [-0.15, -0.1) is 0 Å². The molecule has 0 fully saturated rings. The van der Waals surface area contributed by atoms with Crippen molar-refractivity contribution < 1.29 is 14.2 Å². The summed E-state index contributed by atoms with van der Waals surface area (Å²) in [6, 6.07) is 9.80. The molecule has 1 N–H and O–H groups in total. The SMILES string of the molecule is COc1cccc(-c2cc(C)cc(F)c2)c1O.